The Morgan fingerprint density at radius 3 is 2.67 bits per heavy atom. The summed E-state index contributed by atoms with van der Waals surface area (Å²) in [5.41, 5.74) is 1.15. The molecule has 0 N–H and O–H groups in total. The molecule has 62 valence electrons. The van der Waals surface area contributed by atoms with E-state index in [1.807, 2.05) is 37.3 Å². The second kappa shape index (κ2) is 4.58. The van der Waals surface area contributed by atoms with Gasteiger partial charge < -0.3 is 4.74 Å². The predicted octanol–water partition coefficient (Wildman–Crippen LogP) is 2.22. The molecule has 0 aliphatic carbocycles. The van der Waals surface area contributed by atoms with Gasteiger partial charge in [-0.05, 0) is 12.5 Å². The lowest BCUT2D eigenvalue weighted by Gasteiger charge is -2.05. The highest BCUT2D eigenvalue weighted by molar-refractivity contribution is 5.13. The van der Waals surface area contributed by atoms with Gasteiger partial charge >= 0.3 is 0 Å². The van der Waals surface area contributed by atoms with E-state index in [9.17, 15) is 0 Å². The standard InChI is InChI=1S/C11H12O/c1-3-10(2)12-9-11-7-5-4-6-8-11/h1,4-8,10H,9H2,2H3/t10-/m0/s1. The molecule has 0 aliphatic heterocycles. The van der Waals surface area contributed by atoms with E-state index in [1.165, 1.54) is 0 Å². The summed E-state index contributed by atoms with van der Waals surface area (Å²) >= 11 is 0. The largest absolute Gasteiger partial charge is 0.361 e. The summed E-state index contributed by atoms with van der Waals surface area (Å²) in [6.45, 7) is 2.45. The van der Waals surface area contributed by atoms with Crippen LogP contribution in [0.1, 0.15) is 12.5 Å². The minimum atomic E-state index is -0.106. The molecule has 1 heteroatoms. The molecular weight excluding hydrogens is 148 g/mol. The molecule has 1 nitrogen and oxygen atoms in total. The first-order valence-electron chi connectivity index (χ1n) is 3.94. The van der Waals surface area contributed by atoms with Crippen molar-refractivity contribution in [1.29, 1.82) is 0 Å². The number of ether oxygens (including phenoxy) is 1. The smallest absolute Gasteiger partial charge is 0.115 e. The van der Waals surface area contributed by atoms with Gasteiger partial charge in [0.1, 0.15) is 6.10 Å². The molecule has 1 atom stereocenters. The van der Waals surface area contributed by atoms with E-state index < -0.39 is 0 Å². The zero-order valence-corrected chi connectivity index (χ0v) is 7.16. The van der Waals surface area contributed by atoms with Crippen molar-refractivity contribution < 1.29 is 4.74 Å². The molecule has 0 aromatic heterocycles. The molecule has 0 amide bonds. The molecule has 1 aromatic carbocycles. The molecule has 0 spiro atoms. The van der Waals surface area contributed by atoms with E-state index in [0.717, 1.165) is 5.56 Å². The normalized spacial score (nSPS) is 12.0. The summed E-state index contributed by atoms with van der Waals surface area (Å²) in [6, 6.07) is 9.99. The van der Waals surface area contributed by atoms with Crippen LogP contribution in [-0.2, 0) is 11.3 Å². The van der Waals surface area contributed by atoms with Crippen LogP contribution in [0.15, 0.2) is 30.3 Å². The Hall–Kier alpha value is -1.26. The van der Waals surface area contributed by atoms with Gasteiger partial charge in [-0.1, -0.05) is 36.3 Å². The van der Waals surface area contributed by atoms with E-state index >= 15 is 0 Å². The second-order valence-electron chi connectivity index (χ2n) is 2.61. The third kappa shape index (κ3) is 2.77. The fraction of sp³-hybridized carbons (Fsp3) is 0.273. The highest BCUT2D eigenvalue weighted by Gasteiger charge is 1.96. The van der Waals surface area contributed by atoms with Crippen LogP contribution in [0, 0.1) is 12.3 Å². The van der Waals surface area contributed by atoms with Crippen LogP contribution < -0.4 is 0 Å². The van der Waals surface area contributed by atoms with E-state index in [2.05, 4.69) is 5.92 Å². The first kappa shape index (κ1) is 8.83. The van der Waals surface area contributed by atoms with Crippen LogP contribution in [-0.4, -0.2) is 6.10 Å². The summed E-state index contributed by atoms with van der Waals surface area (Å²) in [6.07, 6.45) is 5.05. The first-order chi connectivity index (χ1) is 5.83. The Labute approximate surface area is 73.4 Å². The number of terminal acetylenes is 1. The molecule has 0 bridgehead atoms. The fourth-order valence-electron chi connectivity index (χ4n) is 0.844. The van der Waals surface area contributed by atoms with Crippen LogP contribution in [0.5, 0.6) is 0 Å². The summed E-state index contributed by atoms with van der Waals surface area (Å²) in [7, 11) is 0. The van der Waals surface area contributed by atoms with E-state index in [4.69, 9.17) is 11.2 Å². The van der Waals surface area contributed by atoms with Gasteiger partial charge in [-0.15, -0.1) is 6.42 Å². The maximum absolute atomic E-state index is 5.34. The SMILES string of the molecule is C#C[C@H](C)OCc1ccccc1. The maximum Gasteiger partial charge on any atom is 0.115 e. The monoisotopic (exact) mass is 160 g/mol. The molecule has 0 radical (unpaired) electrons. The van der Waals surface area contributed by atoms with Crippen LogP contribution in [0.4, 0.5) is 0 Å². The number of hydrogen-bond acceptors (Lipinski definition) is 1. The van der Waals surface area contributed by atoms with E-state index in [1.54, 1.807) is 0 Å². The topological polar surface area (TPSA) is 9.23 Å². The fourth-order valence-corrected chi connectivity index (χ4v) is 0.844. The minimum Gasteiger partial charge on any atom is -0.361 e. The van der Waals surface area contributed by atoms with Gasteiger partial charge in [0.15, 0.2) is 0 Å². The zero-order chi connectivity index (χ0) is 8.81. The molecule has 0 unspecified atom stereocenters. The molecule has 0 heterocycles. The molecule has 1 rings (SSSR count). The summed E-state index contributed by atoms with van der Waals surface area (Å²) < 4.78 is 5.34. The molecule has 1 aromatic rings. The van der Waals surface area contributed by atoms with Gasteiger partial charge in [0.25, 0.3) is 0 Å². The van der Waals surface area contributed by atoms with Crippen LogP contribution in [0.3, 0.4) is 0 Å². The summed E-state index contributed by atoms with van der Waals surface area (Å²) in [5.74, 6) is 2.51. The van der Waals surface area contributed by atoms with Crippen molar-refractivity contribution in [3.05, 3.63) is 35.9 Å². The van der Waals surface area contributed by atoms with E-state index in [0.29, 0.717) is 6.61 Å². The maximum atomic E-state index is 5.34. The Balaban J connectivity index is 2.40. The predicted molar refractivity (Wildman–Crippen MR) is 49.5 cm³/mol. The third-order valence-electron chi connectivity index (χ3n) is 1.58. The average Bonchev–Trinajstić information content (AvgIpc) is 2.16. The Morgan fingerprint density at radius 2 is 2.08 bits per heavy atom. The Bertz CT molecular complexity index is 258. The van der Waals surface area contributed by atoms with Gasteiger partial charge in [-0.2, -0.15) is 0 Å². The zero-order valence-electron chi connectivity index (χ0n) is 7.16. The number of rotatable bonds is 3. The van der Waals surface area contributed by atoms with Crippen LogP contribution in [0.25, 0.3) is 0 Å². The molecular formula is C11H12O. The Morgan fingerprint density at radius 1 is 1.42 bits per heavy atom. The highest BCUT2D eigenvalue weighted by Crippen LogP contribution is 2.02. The number of benzene rings is 1. The van der Waals surface area contributed by atoms with Crippen molar-refractivity contribution in [3.63, 3.8) is 0 Å². The minimum absolute atomic E-state index is 0.106. The van der Waals surface area contributed by atoms with Crippen molar-refractivity contribution in [2.45, 2.75) is 19.6 Å². The molecule has 12 heavy (non-hydrogen) atoms. The lowest BCUT2D eigenvalue weighted by Crippen LogP contribution is -2.04. The van der Waals surface area contributed by atoms with Gasteiger partial charge in [0.2, 0.25) is 0 Å². The Kier molecular flexibility index (Phi) is 3.37. The highest BCUT2D eigenvalue weighted by atomic mass is 16.5. The van der Waals surface area contributed by atoms with Gasteiger partial charge in [0, 0.05) is 0 Å². The molecule has 0 saturated heterocycles. The van der Waals surface area contributed by atoms with Crippen LogP contribution in [0.2, 0.25) is 0 Å². The molecule has 0 fully saturated rings. The quantitative estimate of drug-likeness (QED) is 0.616. The second-order valence-corrected chi connectivity index (χ2v) is 2.61. The summed E-state index contributed by atoms with van der Waals surface area (Å²) in [5, 5.41) is 0. The molecule has 0 saturated carbocycles. The van der Waals surface area contributed by atoms with Gasteiger partial charge in [-0.25, -0.2) is 0 Å². The third-order valence-corrected chi connectivity index (χ3v) is 1.58. The van der Waals surface area contributed by atoms with Crippen LogP contribution >= 0.6 is 0 Å². The lowest BCUT2D eigenvalue weighted by molar-refractivity contribution is 0.0902. The van der Waals surface area contributed by atoms with Crippen molar-refractivity contribution in [2.75, 3.05) is 0 Å². The van der Waals surface area contributed by atoms with Gasteiger partial charge in [-0.3, -0.25) is 0 Å². The van der Waals surface area contributed by atoms with Crippen molar-refractivity contribution in [3.8, 4) is 12.3 Å². The van der Waals surface area contributed by atoms with E-state index in [-0.39, 0.29) is 6.10 Å². The lowest BCUT2D eigenvalue weighted by atomic mass is 10.2. The first-order valence-corrected chi connectivity index (χ1v) is 3.94. The molecule has 0 aliphatic rings. The average molecular weight is 160 g/mol. The van der Waals surface area contributed by atoms with Crippen molar-refractivity contribution >= 4 is 0 Å². The summed E-state index contributed by atoms with van der Waals surface area (Å²) in [4.78, 5) is 0. The number of hydrogen-bond donors (Lipinski definition) is 0. The van der Waals surface area contributed by atoms with Crippen molar-refractivity contribution in [2.24, 2.45) is 0 Å². The van der Waals surface area contributed by atoms with Crippen molar-refractivity contribution in [1.82, 2.24) is 0 Å². The van der Waals surface area contributed by atoms with Gasteiger partial charge in [0.05, 0.1) is 6.61 Å².